The minimum atomic E-state index is -0.833. The highest BCUT2D eigenvalue weighted by molar-refractivity contribution is 5.71. The second-order valence-electron chi connectivity index (χ2n) is 7.32. The van der Waals surface area contributed by atoms with Gasteiger partial charge < -0.3 is 10.4 Å². The molecule has 1 saturated heterocycles. The monoisotopic (exact) mass is 358 g/mol. The van der Waals surface area contributed by atoms with Crippen LogP contribution < -0.4 is 5.32 Å². The Hall–Kier alpha value is -2.35. The van der Waals surface area contributed by atoms with Crippen LogP contribution >= 0.6 is 0 Å². The van der Waals surface area contributed by atoms with Crippen LogP contribution in [-0.4, -0.2) is 49.8 Å². The molecule has 0 aromatic carbocycles. The highest BCUT2D eigenvalue weighted by atomic mass is 16.4. The van der Waals surface area contributed by atoms with Crippen molar-refractivity contribution in [2.75, 3.05) is 13.1 Å². The molecule has 0 unspecified atom stereocenters. The second kappa shape index (κ2) is 8.35. The molecule has 1 aliphatic heterocycles. The van der Waals surface area contributed by atoms with Crippen LogP contribution in [0.4, 0.5) is 0 Å². The van der Waals surface area contributed by atoms with Crippen LogP contribution in [0.25, 0.3) is 0 Å². The van der Waals surface area contributed by atoms with Gasteiger partial charge in [-0.15, -0.1) is 5.10 Å². The number of carboxylic acid groups (broad SMARTS) is 1. The van der Waals surface area contributed by atoms with Crippen molar-refractivity contribution in [2.45, 2.75) is 44.9 Å². The predicted octanol–water partition coefficient (Wildman–Crippen LogP) is 1.74. The first-order valence-electron chi connectivity index (χ1n) is 9.18. The van der Waals surface area contributed by atoms with Crippen molar-refractivity contribution in [3.8, 4) is 0 Å². The maximum absolute atomic E-state index is 11.8. The van der Waals surface area contributed by atoms with E-state index in [9.17, 15) is 9.90 Å². The van der Waals surface area contributed by atoms with Crippen molar-refractivity contribution in [1.82, 2.24) is 30.9 Å². The highest BCUT2D eigenvalue weighted by Gasteiger charge is 2.34. The standard InChI is InChI=1S/C18H26N6O2/c1-11(2)16(18(25)26)14(17-21-23-24-22-17)9-12-3-4-15(20-10-12)13-5-7-19-8-6-13/h3-4,10-11,13-14,16,19H,5-9H2,1-2H3,(H,25,26)(H,21,22,23,24)/t14-,16-/m0/s1. The lowest BCUT2D eigenvalue weighted by molar-refractivity contribution is -0.144. The number of piperidine rings is 1. The molecule has 3 heterocycles. The SMILES string of the molecule is CC(C)[C@H](C(=O)O)[C@H](Cc1ccc(C2CCNCC2)nc1)c1nnn[nH]1. The molecule has 3 N–H and O–H groups in total. The van der Waals surface area contributed by atoms with Crippen molar-refractivity contribution in [3.63, 3.8) is 0 Å². The van der Waals surface area contributed by atoms with Gasteiger partial charge >= 0.3 is 5.97 Å². The molecule has 1 aliphatic rings. The van der Waals surface area contributed by atoms with Gasteiger partial charge in [-0.3, -0.25) is 9.78 Å². The van der Waals surface area contributed by atoms with E-state index in [2.05, 4.69) is 43.1 Å². The molecule has 26 heavy (non-hydrogen) atoms. The van der Waals surface area contributed by atoms with Crippen molar-refractivity contribution in [2.24, 2.45) is 11.8 Å². The summed E-state index contributed by atoms with van der Waals surface area (Å²) in [6, 6.07) is 4.13. The predicted molar refractivity (Wildman–Crippen MR) is 95.7 cm³/mol. The number of aliphatic carboxylic acids is 1. The van der Waals surface area contributed by atoms with Crippen molar-refractivity contribution < 1.29 is 9.90 Å². The summed E-state index contributed by atoms with van der Waals surface area (Å²) in [6.07, 6.45) is 4.61. The minimum absolute atomic E-state index is 0.0374. The lowest BCUT2D eigenvalue weighted by Crippen LogP contribution is -2.29. The van der Waals surface area contributed by atoms with E-state index in [4.69, 9.17) is 0 Å². The molecule has 0 saturated carbocycles. The lowest BCUT2D eigenvalue weighted by atomic mass is 9.79. The minimum Gasteiger partial charge on any atom is -0.481 e. The Balaban J connectivity index is 1.79. The number of hydrogen-bond acceptors (Lipinski definition) is 6. The van der Waals surface area contributed by atoms with E-state index >= 15 is 0 Å². The molecule has 0 bridgehead atoms. The molecule has 1 fully saturated rings. The van der Waals surface area contributed by atoms with E-state index < -0.39 is 11.9 Å². The number of aromatic nitrogens is 5. The molecule has 2 aromatic heterocycles. The Morgan fingerprint density at radius 1 is 1.31 bits per heavy atom. The fourth-order valence-electron chi connectivity index (χ4n) is 3.81. The summed E-state index contributed by atoms with van der Waals surface area (Å²) in [5.41, 5.74) is 2.11. The van der Waals surface area contributed by atoms with Gasteiger partial charge in [-0.1, -0.05) is 19.9 Å². The summed E-state index contributed by atoms with van der Waals surface area (Å²) < 4.78 is 0. The van der Waals surface area contributed by atoms with Gasteiger partial charge in [-0.05, 0) is 60.3 Å². The fraction of sp³-hybridized carbons (Fsp3) is 0.611. The molecule has 0 aliphatic carbocycles. The van der Waals surface area contributed by atoms with Crippen LogP contribution in [0.5, 0.6) is 0 Å². The molecule has 0 amide bonds. The van der Waals surface area contributed by atoms with Gasteiger partial charge in [0.05, 0.1) is 5.92 Å². The third-order valence-corrected chi connectivity index (χ3v) is 5.21. The maximum Gasteiger partial charge on any atom is 0.307 e. The number of H-pyrrole nitrogens is 1. The van der Waals surface area contributed by atoms with E-state index in [1.807, 2.05) is 20.0 Å². The molecule has 0 radical (unpaired) electrons. The number of nitrogens with zero attached hydrogens (tertiary/aromatic N) is 4. The molecule has 2 atom stereocenters. The van der Waals surface area contributed by atoms with Crippen molar-refractivity contribution >= 4 is 5.97 Å². The third-order valence-electron chi connectivity index (χ3n) is 5.21. The number of rotatable bonds is 7. The zero-order valence-corrected chi connectivity index (χ0v) is 15.2. The second-order valence-corrected chi connectivity index (χ2v) is 7.32. The van der Waals surface area contributed by atoms with Gasteiger partial charge in [0.15, 0.2) is 5.82 Å². The smallest absolute Gasteiger partial charge is 0.307 e. The van der Waals surface area contributed by atoms with Crippen LogP contribution in [0.2, 0.25) is 0 Å². The Labute approximate surface area is 152 Å². The summed E-state index contributed by atoms with van der Waals surface area (Å²) >= 11 is 0. The fourth-order valence-corrected chi connectivity index (χ4v) is 3.81. The number of aromatic amines is 1. The van der Waals surface area contributed by atoms with E-state index in [-0.39, 0.29) is 11.8 Å². The first-order chi connectivity index (χ1) is 12.6. The van der Waals surface area contributed by atoms with Crippen molar-refractivity contribution in [3.05, 3.63) is 35.4 Å². The molecule has 0 spiro atoms. The number of hydrogen-bond donors (Lipinski definition) is 3. The zero-order valence-electron chi connectivity index (χ0n) is 15.2. The Morgan fingerprint density at radius 3 is 2.62 bits per heavy atom. The van der Waals surface area contributed by atoms with E-state index in [1.165, 1.54) is 0 Å². The summed E-state index contributed by atoms with van der Waals surface area (Å²) in [5, 5.41) is 27.0. The van der Waals surface area contributed by atoms with Crippen LogP contribution in [-0.2, 0) is 11.2 Å². The van der Waals surface area contributed by atoms with Crippen LogP contribution in [0.1, 0.15) is 55.6 Å². The van der Waals surface area contributed by atoms with E-state index in [1.54, 1.807) is 0 Å². The number of nitrogens with one attached hydrogen (secondary N) is 2. The van der Waals surface area contributed by atoms with Gasteiger partial charge in [0.25, 0.3) is 0 Å². The van der Waals surface area contributed by atoms with Gasteiger partial charge in [0.1, 0.15) is 0 Å². The topological polar surface area (TPSA) is 117 Å². The highest BCUT2D eigenvalue weighted by Crippen LogP contribution is 2.32. The summed E-state index contributed by atoms with van der Waals surface area (Å²) in [7, 11) is 0. The van der Waals surface area contributed by atoms with E-state index in [0.717, 1.165) is 37.2 Å². The Kier molecular flexibility index (Phi) is 5.92. The van der Waals surface area contributed by atoms with E-state index in [0.29, 0.717) is 18.2 Å². The molecular formula is C18H26N6O2. The maximum atomic E-state index is 11.8. The molecule has 8 heteroatoms. The van der Waals surface area contributed by atoms with Gasteiger partial charge in [0.2, 0.25) is 0 Å². The third kappa shape index (κ3) is 4.24. The number of carboxylic acids is 1. The first kappa shape index (κ1) is 18.4. The zero-order chi connectivity index (χ0) is 18.5. The molecule has 8 nitrogen and oxygen atoms in total. The Bertz CT molecular complexity index is 695. The summed E-state index contributed by atoms with van der Waals surface area (Å²) in [5.74, 6) is -0.760. The quantitative estimate of drug-likeness (QED) is 0.690. The van der Waals surface area contributed by atoms with Crippen molar-refractivity contribution in [1.29, 1.82) is 0 Å². The molecular weight excluding hydrogens is 332 g/mol. The largest absolute Gasteiger partial charge is 0.481 e. The molecule has 2 aromatic rings. The van der Waals surface area contributed by atoms with Crippen LogP contribution in [0.3, 0.4) is 0 Å². The van der Waals surface area contributed by atoms with Gasteiger partial charge in [-0.25, -0.2) is 5.10 Å². The Morgan fingerprint density at radius 2 is 2.08 bits per heavy atom. The lowest BCUT2D eigenvalue weighted by Gasteiger charge is -2.25. The summed E-state index contributed by atoms with van der Waals surface area (Å²) in [4.78, 5) is 16.5. The molecule has 140 valence electrons. The van der Waals surface area contributed by atoms with Crippen LogP contribution in [0, 0.1) is 11.8 Å². The molecule has 3 rings (SSSR count). The normalized spacial score (nSPS) is 18.0. The first-order valence-corrected chi connectivity index (χ1v) is 9.18. The average Bonchev–Trinajstić information content (AvgIpc) is 3.16. The number of pyridine rings is 1. The summed E-state index contributed by atoms with van der Waals surface area (Å²) in [6.45, 7) is 5.88. The van der Waals surface area contributed by atoms with Crippen LogP contribution in [0.15, 0.2) is 18.3 Å². The van der Waals surface area contributed by atoms with Gasteiger partial charge in [0, 0.05) is 23.7 Å². The number of tetrazole rings is 1. The average molecular weight is 358 g/mol. The van der Waals surface area contributed by atoms with Gasteiger partial charge in [-0.2, -0.15) is 0 Å². The number of carbonyl (C=O) groups is 1.